The van der Waals surface area contributed by atoms with E-state index in [1.165, 1.54) is 0 Å². The van der Waals surface area contributed by atoms with Crippen LogP contribution in [0.2, 0.25) is 18.1 Å². The zero-order chi connectivity index (χ0) is 9.61. The van der Waals surface area contributed by atoms with Gasteiger partial charge in [-0.05, 0) is 11.1 Å². The van der Waals surface area contributed by atoms with E-state index in [1.807, 2.05) is 6.08 Å². The first kappa shape index (κ1) is 11.5. The number of allylic oxidation sites excluding steroid dienone is 2. The molecule has 0 unspecified atom stereocenters. The molecule has 0 aliphatic carbocycles. The summed E-state index contributed by atoms with van der Waals surface area (Å²) in [5.41, 5.74) is 0. The van der Waals surface area contributed by atoms with Gasteiger partial charge in [-0.2, -0.15) is 0 Å². The number of rotatable bonds is 5. The molecule has 0 amide bonds. The van der Waals surface area contributed by atoms with Crippen molar-refractivity contribution < 1.29 is 4.74 Å². The molecule has 0 fully saturated rings. The smallest absolute Gasteiger partial charge is 0.0897 e. The minimum Gasteiger partial charge on any atom is -0.501 e. The normalized spacial score (nSPS) is 12.4. The Bertz CT molecular complexity index is 159. The van der Waals surface area contributed by atoms with Crippen molar-refractivity contribution in [3.05, 3.63) is 25.0 Å². The van der Waals surface area contributed by atoms with Gasteiger partial charge in [0, 0.05) is 8.80 Å². The second kappa shape index (κ2) is 5.20. The van der Waals surface area contributed by atoms with E-state index in [0.717, 1.165) is 6.61 Å². The first-order chi connectivity index (χ1) is 5.50. The lowest BCUT2D eigenvalue weighted by Crippen LogP contribution is -2.25. The largest absolute Gasteiger partial charge is 0.501 e. The maximum absolute atomic E-state index is 5.38. The second-order valence-corrected chi connectivity index (χ2v) is 7.89. The fourth-order valence-corrected chi connectivity index (χ4v) is 0.970. The Labute approximate surface area is 77.7 Å². The molecule has 0 bridgehead atoms. The summed E-state index contributed by atoms with van der Waals surface area (Å²) < 4.78 is 5.38. The third kappa shape index (κ3) is 4.39. The summed E-state index contributed by atoms with van der Waals surface area (Å²) in [5, 5.41) is 0.380. The highest BCUT2D eigenvalue weighted by atomic mass is 28.3. The molecular weight excluding hydrogens is 164 g/mol. The molecule has 0 saturated carbocycles. The van der Waals surface area contributed by atoms with Crippen LogP contribution in [0.5, 0.6) is 0 Å². The second-order valence-electron chi connectivity index (χ2n) is 4.02. The molecule has 0 spiro atoms. The highest BCUT2D eigenvalue weighted by Gasteiger charge is 2.23. The van der Waals surface area contributed by atoms with Gasteiger partial charge in [-0.3, -0.25) is 0 Å². The van der Waals surface area contributed by atoms with Crippen LogP contribution in [-0.4, -0.2) is 15.4 Å². The van der Waals surface area contributed by atoms with Crippen molar-refractivity contribution in [3.63, 3.8) is 0 Å². The summed E-state index contributed by atoms with van der Waals surface area (Å²) in [6, 6.07) is 0. The van der Waals surface area contributed by atoms with E-state index in [4.69, 9.17) is 4.74 Å². The molecule has 0 aliphatic rings. The average molecular weight is 184 g/mol. The fourth-order valence-electron chi connectivity index (χ4n) is 0.541. The molecule has 2 heteroatoms. The molecule has 0 atom stereocenters. The predicted octanol–water partition coefficient (Wildman–Crippen LogP) is 2.97. The Hall–Kier alpha value is -0.503. The molecule has 12 heavy (non-hydrogen) atoms. The van der Waals surface area contributed by atoms with Gasteiger partial charge in [-0.25, -0.2) is 0 Å². The van der Waals surface area contributed by atoms with E-state index in [2.05, 4.69) is 33.5 Å². The van der Waals surface area contributed by atoms with Crippen molar-refractivity contribution in [2.75, 3.05) is 6.61 Å². The van der Waals surface area contributed by atoms with Gasteiger partial charge in [0.15, 0.2) is 0 Å². The van der Waals surface area contributed by atoms with Crippen LogP contribution in [0.4, 0.5) is 0 Å². The molecule has 0 aromatic carbocycles. The monoisotopic (exact) mass is 184 g/mol. The minimum atomic E-state index is -0.616. The first-order valence-electron chi connectivity index (χ1n) is 4.40. The van der Waals surface area contributed by atoms with Crippen molar-refractivity contribution in [1.29, 1.82) is 0 Å². The van der Waals surface area contributed by atoms with Crippen LogP contribution in [0.1, 0.15) is 13.8 Å². The van der Waals surface area contributed by atoms with Crippen LogP contribution < -0.4 is 0 Å². The number of ether oxygens (including phenoxy) is 1. The summed E-state index contributed by atoms with van der Waals surface area (Å²) in [6.45, 7) is 13.6. The molecule has 0 aromatic heterocycles. The Morgan fingerprint density at radius 3 is 2.42 bits per heavy atom. The minimum absolute atomic E-state index is 0.380. The lowest BCUT2D eigenvalue weighted by Gasteiger charge is -2.27. The predicted molar refractivity (Wildman–Crippen MR) is 58.2 cm³/mol. The molecular formula is C10H20OSi. The van der Waals surface area contributed by atoms with E-state index < -0.39 is 8.80 Å². The van der Waals surface area contributed by atoms with Crippen LogP contribution in [-0.2, 0) is 4.74 Å². The lowest BCUT2D eigenvalue weighted by atomic mass is 10.2. The maximum Gasteiger partial charge on any atom is 0.0897 e. The highest BCUT2D eigenvalue weighted by Crippen LogP contribution is 2.28. The standard InChI is InChI=1S/C10H20OSi/c1-6-7-8-11-9-10(2,3)12(4)5/h6-8,12H,1,9H2,2-5H3. The van der Waals surface area contributed by atoms with Crippen LogP contribution in [0, 0.1) is 0 Å². The molecule has 0 rings (SSSR count). The third-order valence-electron chi connectivity index (χ3n) is 2.33. The van der Waals surface area contributed by atoms with Crippen molar-refractivity contribution in [3.8, 4) is 0 Å². The zero-order valence-corrected chi connectivity index (χ0v) is 9.79. The van der Waals surface area contributed by atoms with Gasteiger partial charge < -0.3 is 4.74 Å². The Morgan fingerprint density at radius 2 is 2.00 bits per heavy atom. The Balaban J connectivity index is 3.75. The van der Waals surface area contributed by atoms with E-state index in [0.29, 0.717) is 5.04 Å². The number of hydrogen-bond donors (Lipinski definition) is 0. The summed E-state index contributed by atoms with van der Waals surface area (Å²) in [6.07, 6.45) is 5.25. The van der Waals surface area contributed by atoms with Crippen molar-refractivity contribution in [1.82, 2.24) is 0 Å². The molecule has 0 heterocycles. The molecule has 0 N–H and O–H groups in total. The van der Waals surface area contributed by atoms with Gasteiger partial charge >= 0.3 is 0 Å². The van der Waals surface area contributed by atoms with Crippen molar-refractivity contribution in [2.24, 2.45) is 0 Å². The molecule has 0 aromatic rings. The highest BCUT2D eigenvalue weighted by molar-refractivity contribution is 6.59. The van der Waals surface area contributed by atoms with Crippen LogP contribution in [0.3, 0.4) is 0 Å². The molecule has 70 valence electrons. The average Bonchev–Trinajstić information content (AvgIpc) is 1.98. The topological polar surface area (TPSA) is 9.23 Å². The summed E-state index contributed by atoms with van der Waals surface area (Å²) in [7, 11) is -0.616. The van der Waals surface area contributed by atoms with E-state index in [9.17, 15) is 0 Å². The Kier molecular flexibility index (Phi) is 4.98. The van der Waals surface area contributed by atoms with E-state index >= 15 is 0 Å². The summed E-state index contributed by atoms with van der Waals surface area (Å²) >= 11 is 0. The van der Waals surface area contributed by atoms with Gasteiger partial charge in [0.25, 0.3) is 0 Å². The van der Waals surface area contributed by atoms with Gasteiger partial charge in [-0.1, -0.05) is 39.6 Å². The van der Waals surface area contributed by atoms with Crippen molar-refractivity contribution >= 4 is 8.80 Å². The van der Waals surface area contributed by atoms with Gasteiger partial charge in [0.2, 0.25) is 0 Å². The number of hydrogen-bond acceptors (Lipinski definition) is 1. The fraction of sp³-hybridized carbons (Fsp3) is 0.600. The maximum atomic E-state index is 5.38. The molecule has 0 aliphatic heterocycles. The quantitative estimate of drug-likeness (QED) is 0.362. The molecule has 0 saturated heterocycles. The molecule has 1 nitrogen and oxygen atoms in total. The van der Waals surface area contributed by atoms with Crippen LogP contribution in [0.25, 0.3) is 0 Å². The van der Waals surface area contributed by atoms with Gasteiger partial charge in [0.1, 0.15) is 0 Å². The zero-order valence-electron chi connectivity index (χ0n) is 8.63. The molecule has 0 radical (unpaired) electrons. The first-order valence-corrected chi connectivity index (χ1v) is 7.28. The van der Waals surface area contributed by atoms with Crippen molar-refractivity contribution in [2.45, 2.75) is 32.0 Å². The van der Waals surface area contributed by atoms with E-state index in [1.54, 1.807) is 12.3 Å². The van der Waals surface area contributed by atoms with Gasteiger partial charge in [-0.15, -0.1) is 0 Å². The van der Waals surface area contributed by atoms with Gasteiger partial charge in [0.05, 0.1) is 12.9 Å². The summed E-state index contributed by atoms with van der Waals surface area (Å²) in [5.74, 6) is 0. The van der Waals surface area contributed by atoms with Crippen LogP contribution >= 0.6 is 0 Å². The Morgan fingerprint density at radius 1 is 1.42 bits per heavy atom. The van der Waals surface area contributed by atoms with Crippen LogP contribution in [0.15, 0.2) is 25.0 Å². The lowest BCUT2D eigenvalue weighted by molar-refractivity contribution is 0.216. The van der Waals surface area contributed by atoms with E-state index in [-0.39, 0.29) is 0 Å². The summed E-state index contributed by atoms with van der Waals surface area (Å²) in [4.78, 5) is 0. The SMILES string of the molecule is C=CC=COCC(C)(C)[SiH](C)C. The third-order valence-corrected chi connectivity index (χ3v) is 5.62.